The van der Waals surface area contributed by atoms with Crippen molar-refractivity contribution in [2.45, 2.75) is 19.9 Å². The number of amides is 1. The fourth-order valence-electron chi connectivity index (χ4n) is 3.23. The minimum atomic E-state index is -1.03. The van der Waals surface area contributed by atoms with E-state index in [0.29, 0.717) is 34.8 Å². The number of aromatic carboxylic acids is 1. The first-order valence-corrected chi connectivity index (χ1v) is 11.2. The minimum Gasteiger partial charge on any atom is -0.478 e. The normalized spacial score (nSPS) is 10.5. The molecule has 0 atom stereocenters. The summed E-state index contributed by atoms with van der Waals surface area (Å²) in [6.45, 7) is 3.97. The van der Waals surface area contributed by atoms with Crippen LogP contribution >= 0.6 is 0 Å². The zero-order valence-electron chi connectivity index (χ0n) is 19.7. The number of nitrogens with one attached hydrogen (secondary N) is 4. The Hall–Kier alpha value is -4.99. The van der Waals surface area contributed by atoms with Gasteiger partial charge in [-0.15, -0.1) is 0 Å². The van der Waals surface area contributed by atoms with E-state index in [-0.39, 0.29) is 17.5 Å². The molecule has 1 aromatic heterocycles. The Balaban J connectivity index is 1.52. The predicted octanol–water partition coefficient (Wildman–Crippen LogP) is 5.13. The third kappa shape index (κ3) is 6.54. The molecule has 5 N–H and O–H groups in total. The van der Waals surface area contributed by atoms with Crippen LogP contribution in [-0.4, -0.2) is 38.0 Å². The number of carboxylic acid groups (broad SMARTS) is 1. The van der Waals surface area contributed by atoms with E-state index in [1.807, 2.05) is 44.2 Å². The van der Waals surface area contributed by atoms with Gasteiger partial charge in [-0.05, 0) is 68.4 Å². The van der Waals surface area contributed by atoms with Gasteiger partial charge >= 0.3 is 5.97 Å². The highest BCUT2D eigenvalue weighted by Crippen LogP contribution is 2.20. The Labute approximate surface area is 207 Å². The Bertz CT molecular complexity index is 1360. The van der Waals surface area contributed by atoms with Crippen LogP contribution in [0.3, 0.4) is 0 Å². The fourth-order valence-corrected chi connectivity index (χ4v) is 3.23. The second kappa shape index (κ2) is 11.0. The maximum absolute atomic E-state index is 12.8. The molecule has 0 fully saturated rings. The summed E-state index contributed by atoms with van der Waals surface area (Å²) in [7, 11) is 0. The quantitative estimate of drug-likeness (QED) is 0.219. The highest BCUT2D eigenvalue weighted by molar-refractivity contribution is 6.05. The van der Waals surface area contributed by atoms with Crippen LogP contribution in [0.2, 0.25) is 0 Å². The first-order chi connectivity index (χ1) is 17.4. The lowest BCUT2D eigenvalue weighted by Gasteiger charge is -2.13. The number of benzene rings is 3. The van der Waals surface area contributed by atoms with Gasteiger partial charge in [-0.25, -0.2) is 4.79 Å². The number of nitrogens with zero attached hydrogens (tertiary/aromatic N) is 3. The highest BCUT2D eigenvalue weighted by Gasteiger charge is 2.11. The Morgan fingerprint density at radius 1 is 0.694 bits per heavy atom. The van der Waals surface area contributed by atoms with Gasteiger partial charge in [0.05, 0.1) is 5.56 Å². The van der Waals surface area contributed by atoms with Crippen molar-refractivity contribution >= 4 is 46.8 Å². The number of hydrogen-bond acceptors (Lipinski definition) is 8. The van der Waals surface area contributed by atoms with Crippen molar-refractivity contribution in [3.8, 4) is 0 Å². The summed E-state index contributed by atoms with van der Waals surface area (Å²) >= 11 is 0. The average molecular weight is 484 g/mol. The van der Waals surface area contributed by atoms with Gasteiger partial charge in [0.15, 0.2) is 0 Å². The highest BCUT2D eigenvalue weighted by atomic mass is 16.4. The molecule has 0 aliphatic heterocycles. The molecule has 10 nitrogen and oxygen atoms in total. The van der Waals surface area contributed by atoms with Gasteiger partial charge in [0.25, 0.3) is 5.91 Å². The molecule has 10 heteroatoms. The number of carbonyl (C=O) groups excluding carboxylic acids is 1. The monoisotopic (exact) mass is 483 g/mol. The van der Waals surface area contributed by atoms with E-state index in [0.717, 1.165) is 5.69 Å². The van der Waals surface area contributed by atoms with Crippen molar-refractivity contribution in [2.75, 3.05) is 21.3 Å². The second-order valence-corrected chi connectivity index (χ2v) is 8.14. The number of hydrogen-bond donors (Lipinski definition) is 5. The van der Waals surface area contributed by atoms with Crippen molar-refractivity contribution < 1.29 is 14.7 Å². The average Bonchev–Trinajstić information content (AvgIpc) is 2.84. The number of aromatic nitrogens is 3. The molecule has 0 bridgehead atoms. The van der Waals surface area contributed by atoms with Crippen molar-refractivity contribution in [2.24, 2.45) is 0 Å². The predicted molar refractivity (Wildman–Crippen MR) is 139 cm³/mol. The maximum atomic E-state index is 12.8. The molecule has 3 aromatic carbocycles. The van der Waals surface area contributed by atoms with Crippen LogP contribution < -0.4 is 21.3 Å². The van der Waals surface area contributed by atoms with Crippen LogP contribution in [0.4, 0.5) is 34.9 Å². The van der Waals surface area contributed by atoms with Crippen molar-refractivity contribution in [1.29, 1.82) is 0 Å². The lowest BCUT2D eigenvalue weighted by atomic mass is 10.1. The summed E-state index contributed by atoms with van der Waals surface area (Å²) in [4.78, 5) is 37.1. The smallest absolute Gasteiger partial charge is 0.335 e. The fraction of sp³-hybridized carbons (Fsp3) is 0.115. The summed E-state index contributed by atoms with van der Waals surface area (Å²) in [5.74, 6) is -0.307. The molecule has 0 unspecified atom stereocenters. The van der Waals surface area contributed by atoms with E-state index >= 15 is 0 Å². The lowest BCUT2D eigenvalue weighted by Crippen LogP contribution is -2.15. The molecule has 1 heterocycles. The molecule has 182 valence electrons. The van der Waals surface area contributed by atoms with E-state index < -0.39 is 5.97 Å². The summed E-state index contributed by atoms with van der Waals surface area (Å²) in [5.41, 5.74) is 2.47. The molecule has 0 aliphatic carbocycles. The van der Waals surface area contributed by atoms with Crippen molar-refractivity contribution in [3.63, 3.8) is 0 Å². The zero-order chi connectivity index (χ0) is 25.5. The molecule has 4 aromatic rings. The number of carbonyl (C=O) groups is 2. The van der Waals surface area contributed by atoms with E-state index in [9.17, 15) is 9.59 Å². The number of carboxylic acids is 1. The summed E-state index contributed by atoms with van der Waals surface area (Å²) in [6, 6.07) is 22.5. The van der Waals surface area contributed by atoms with Gasteiger partial charge in [-0.2, -0.15) is 15.0 Å². The minimum absolute atomic E-state index is 0.112. The van der Waals surface area contributed by atoms with Gasteiger partial charge in [-0.3, -0.25) is 4.79 Å². The summed E-state index contributed by atoms with van der Waals surface area (Å²) < 4.78 is 0. The third-order valence-electron chi connectivity index (χ3n) is 4.85. The van der Waals surface area contributed by atoms with Crippen LogP contribution in [-0.2, 0) is 0 Å². The van der Waals surface area contributed by atoms with Gasteiger partial charge < -0.3 is 26.4 Å². The molecule has 0 radical (unpaired) electrons. The first kappa shape index (κ1) is 24.1. The third-order valence-corrected chi connectivity index (χ3v) is 4.85. The van der Waals surface area contributed by atoms with Crippen LogP contribution in [0.25, 0.3) is 0 Å². The Morgan fingerprint density at radius 3 is 1.94 bits per heavy atom. The van der Waals surface area contributed by atoms with Crippen molar-refractivity contribution in [3.05, 3.63) is 90.0 Å². The second-order valence-electron chi connectivity index (χ2n) is 8.14. The van der Waals surface area contributed by atoms with E-state index in [4.69, 9.17) is 5.11 Å². The molecule has 0 aliphatic rings. The SMILES string of the molecule is CC(C)Nc1nc(Nc2ccccc2)nc(Nc2cccc(C(=O)Nc3ccc(C(=O)O)cc3)c2)n1. The Morgan fingerprint density at radius 2 is 1.31 bits per heavy atom. The van der Waals surface area contributed by atoms with Crippen LogP contribution in [0.1, 0.15) is 34.6 Å². The van der Waals surface area contributed by atoms with E-state index in [1.165, 1.54) is 12.1 Å². The van der Waals surface area contributed by atoms with Gasteiger partial charge in [0.2, 0.25) is 17.8 Å². The molecule has 4 rings (SSSR count). The Kier molecular flexibility index (Phi) is 7.35. The maximum Gasteiger partial charge on any atom is 0.335 e. The molecular weight excluding hydrogens is 458 g/mol. The van der Waals surface area contributed by atoms with E-state index in [1.54, 1.807) is 36.4 Å². The summed E-state index contributed by atoms with van der Waals surface area (Å²) in [5, 5.41) is 21.3. The number of para-hydroxylation sites is 1. The van der Waals surface area contributed by atoms with Gasteiger partial charge in [0, 0.05) is 28.7 Å². The van der Waals surface area contributed by atoms with E-state index in [2.05, 4.69) is 36.2 Å². The number of rotatable bonds is 9. The topological polar surface area (TPSA) is 141 Å². The van der Waals surface area contributed by atoms with Crippen LogP contribution in [0.5, 0.6) is 0 Å². The molecule has 0 spiro atoms. The molecule has 0 saturated heterocycles. The van der Waals surface area contributed by atoms with Crippen LogP contribution in [0.15, 0.2) is 78.9 Å². The first-order valence-electron chi connectivity index (χ1n) is 11.2. The largest absolute Gasteiger partial charge is 0.478 e. The van der Waals surface area contributed by atoms with Gasteiger partial charge in [0.1, 0.15) is 0 Å². The molecule has 0 saturated carbocycles. The molecule has 1 amide bonds. The van der Waals surface area contributed by atoms with Crippen molar-refractivity contribution in [1.82, 2.24) is 15.0 Å². The number of anilines is 6. The molecule has 36 heavy (non-hydrogen) atoms. The van der Waals surface area contributed by atoms with Gasteiger partial charge in [-0.1, -0.05) is 24.3 Å². The summed E-state index contributed by atoms with van der Waals surface area (Å²) in [6.07, 6.45) is 0. The lowest BCUT2D eigenvalue weighted by molar-refractivity contribution is 0.0696. The standard InChI is InChI=1S/C26H25N7O3/c1-16(2)27-24-31-25(29-19-8-4-3-5-9-19)33-26(32-24)30-21-10-6-7-18(15-21)22(34)28-20-13-11-17(12-14-20)23(35)36/h3-16H,1-2H3,(H,28,34)(H,35,36)(H3,27,29,30,31,32,33). The van der Waals surface area contributed by atoms with Crippen LogP contribution in [0, 0.1) is 0 Å². The molecular formula is C26H25N7O3. The zero-order valence-corrected chi connectivity index (χ0v) is 19.7.